The van der Waals surface area contributed by atoms with Gasteiger partial charge in [-0.05, 0) is 19.1 Å². The van der Waals surface area contributed by atoms with E-state index in [0.29, 0.717) is 11.5 Å². The zero-order valence-electron chi connectivity index (χ0n) is 8.34. The lowest BCUT2D eigenvalue weighted by Crippen LogP contribution is -2.39. The number of carboxylic acids is 1. The SMILES string of the molecule is CC1Oc2ccccc2OC1CC(=O)O. The van der Waals surface area contributed by atoms with E-state index in [1.807, 2.05) is 25.1 Å². The van der Waals surface area contributed by atoms with Gasteiger partial charge in [0.1, 0.15) is 12.2 Å². The van der Waals surface area contributed by atoms with Crippen LogP contribution in [0.2, 0.25) is 0 Å². The standard InChI is InChI=1S/C11H12O4/c1-7-10(6-11(12)13)15-9-5-3-2-4-8(9)14-7/h2-5,7,10H,6H2,1H3,(H,12,13). The van der Waals surface area contributed by atoms with Crippen molar-refractivity contribution < 1.29 is 19.4 Å². The second kappa shape index (κ2) is 3.81. The highest BCUT2D eigenvalue weighted by Gasteiger charge is 2.29. The van der Waals surface area contributed by atoms with Gasteiger partial charge in [0.25, 0.3) is 0 Å². The predicted octanol–water partition coefficient (Wildman–Crippen LogP) is 1.69. The molecule has 4 nitrogen and oxygen atoms in total. The molecule has 0 spiro atoms. The smallest absolute Gasteiger partial charge is 0.307 e. The number of aliphatic carboxylic acids is 1. The summed E-state index contributed by atoms with van der Waals surface area (Å²) in [5.41, 5.74) is 0. The Hall–Kier alpha value is -1.71. The van der Waals surface area contributed by atoms with Crippen LogP contribution in [0.15, 0.2) is 24.3 Å². The van der Waals surface area contributed by atoms with Crippen molar-refractivity contribution >= 4 is 5.97 Å². The Bertz CT molecular complexity index is 375. The first-order valence-electron chi connectivity index (χ1n) is 4.81. The molecule has 1 aromatic rings. The molecule has 1 aliphatic heterocycles. The minimum absolute atomic E-state index is 0.0461. The molecule has 1 aromatic carbocycles. The third-order valence-corrected chi connectivity index (χ3v) is 2.34. The minimum Gasteiger partial charge on any atom is -0.483 e. The van der Waals surface area contributed by atoms with Gasteiger partial charge in [0.2, 0.25) is 0 Å². The maximum atomic E-state index is 10.6. The Balaban J connectivity index is 2.18. The summed E-state index contributed by atoms with van der Waals surface area (Å²) in [6.07, 6.45) is -0.705. The van der Waals surface area contributed by atoms with Crippen LogP contribution in [0.1, 0.15) is 13.3 Å². The van der Waals surface area contributed by atoms with Gasteiger partial charge >= 0.3 is 5.97 Å². The summed E-state index contributed by atoms with van der Waals surface area (Å²) >= 11 is 0. The molecule has 0 saturated heterocycles. The maximum absolute atomic E-state index is 10.6. The summed E-state index contributed by atoms with van der Waals surface area (Å²) in [5, 5.41) is 8.70. The van der Waals surface area contributed by atoms with Crippen molar-refractivity contribution in [3.8, 4) is 11.5 Å². The number of carbonyl (C=O) groups is 1. The lowest BCUT2D eigenvalue weighted by Gasteiger charge is -2.31. The molecule has 2 rings (SSSR count). The summed E-state index contributed by atoms with van der Waals surface area (Å²) in [4.78, 5) is 10.6. The van der Waals surface area contributed by atoms with Crippen molar-refractivity contribution in [3.05, 3.63) is 24.3 Å². The van der Waals surface area contributed by atoms with Crippen LogP contribution in [0.5, 0.6) is 11.5 Å². The molecule has 15 heavy (non-hydrogen) atoms. The van der Waals surface area contributed by atoms with Gasteiger partial charge in [-0.3, -0.25) is 4.79 Å². The Labute approximate surface area is 87.4 Å². The molecular formula is C11H12O4. The van der Waals surface area contributed by atoms with Crippen molar-refractivity contribution in [2.24, 2.45) is 0 Å². The van der Waals surface area contributed by atoms with E-state index in [1.54, 1.807) is 6.07 Å². The topological polar surface area (TPSA) is 55.8 Å². The van der Waals surface area contributed by atoms with Gasteiger partial charge in [0, 0.05) is 0 Å². The Morgan fingerprint density at radius 1 is 1.33 bits per heavy atom. The number of hydrogen-bond donors (Lipinski definition) is 1. The highest BCUT2D eigenvalue weighted by atomic mass is 16.6. The third kappa shape index (κ3) is 2.03. The van der Waals surface area contributed by atoms with Gasteiger partial charge in [0.05, 0.1) is 6.42 Å². The molecule has 0 aliphatic carbocycles. The molecule has 0 fully saturated rings. The molecule has 1 aliphatic rings. The molecule has 0 bridgehead atoms. The van der Waals surface area contributed by atoms with E-state index in [2.05, 4.69) is 0 Å². The lowest BCUT2D eigenvalue weighted by atomic mass is 10.1. The van der Waals surface area contributed by atoms with Gasteiger partial charge in [0.15, 0.2) is 11.5 Å². The first-order chi connectivity index (χ1) is 7.16. The second-order valence-corrected chi connectivity index (χ2v) is 3.52. The van der Waals surface area contributed by atoms with E-state index < -0.39 is 12.1 Å². The van der Waals surface area contributed by atoms with Crippen LogP contribution in [0.3, 0.4) is 0 Å². The van der Waals surface area contributed by atoms with Gasteiger partial charge in [-0.15, -0.1) is 0 Å². The van der Waals surface area contributed by atoms with Crippen LogP contribution in [0.25, 0.3) is 0 Å². The van der Waals surface area contributed by atoms with E-state index in [4.69, 9.17) is 14.6 Å². The molecule has 2 unspecified atom stereocenters. The van der Waals surface area contributed by atoms with E-state index in [9.17, 15) is 4.79 Å². The van der Waals surface area contributed by atoms with Gasteiger partial charge in [-0.1, -0.05) is 12.1 Å². The summed E-state index contributed by atoms with van der Waals surface area (Å²) in [7, 11) is 0. The number of ether oxygens (including phenoxy) is 2. The van der Waals surface area contributed by atoms with E-state index in [0.717, 1.165) is 0 Å². The van der Waals surface area contributed by atoms with Crippen LogP contribution in [0, 0.1) is 0 Å². The van der Waals surface area contributed by atoms with Gasteiger partial charge in [-0.2, -0.15) is 0 Å². The number of carboxylic acid groups (broad SMARTS) is 1. The zero-order chi connectivity index (χ0) is 10.8. The fraction of sp³-hybridized carbons (Fsp3) is 0.364. The fourth-order valence-electron chi connectivity index (χ4n) is 1.56. The van der Waals surface area contributed by atoms with Crippen LogP contribution in [0.4, 0.5) is 0 Å². The predicted molar refractivity (Wildman–Crippen MR) is 53.2 cm³/mol. The Morgan fingerprint density at radius 2 is 1.93 bits per heavy atom. The van der Waals surface area contributed by atoms with Crippen molar-refractivity contribution in [1.82, 2.24) is 0 Å². The average molecular weight is 208 g/mol. The molecule has 0 saturated carbocycles. The van der Waals surface area contributed by atoms with Gasteiger partial charge in [-0.25, -0.2) is 0 Å². The summed E-state index contributed by atoms with van der Waals surface area (Å²) in [6.45, 7) is 1.81. The normalized spacial score (nSPS) is 23.5. The van der Waals surface area contributed by atoms with Crippen LogP contribution >= 0.6 is 0 Å². The van der Waals surface area contributed by atoms with E-state index in [1.165, 1.54) is 0 Å². The lowest BCUT2D eigenvalue weighted by molar-refractivity contribution is -0.140. The molecule has 0 amide bonds. The summed E-state index contributed by atoms with van der Waals surface area (Å²) < 4.78 is 11.1. The number of para-hydroxylation sites is 2. The molecule has 1 N–H and O–H groups in total. The molecule has 0 radical (unpaired) electrons. The van der Waals surface area contributed by atoms with Crippen LogP contribution in [-0.2, 0) is 4.79 Å². The van der Waals surface area contributed by atoms with Gasteiger partial charge < -0.3 is 14.6 Å². The Morgan fingerprint density at radius 3 is 2.53 bits per heavy atom. The van der Waals surface area contributed by atoms with E-state index >= 15 is 0 Å². The summed E-state index contributed by atoms with van der Waals surface area (Å²) in [6, 6.07) is 7.27. The highest BCUT2D eigenvalue weighted by Crippen LogP contribution is 2.34. The Kier molecular flexibility index (Phi) is 2.49. The molecule has 0 aromatic heterocycles. The maximum Gasteiger partial charge on any atom is 0.307 e. The average Bonchev–Trinajstić information content (AvgIpc) is 2.18. The molecule has 80 valence electrons. The largest absolute Gasteiger partial charge is 0.483 e. The highest BCUT2D eigenvalue weighted by molar-refractivity contribution is 5.67. The quantitative estimate of drug-likeness (QED) is 0.803. The first kappa shape index (κ1) is 9.83. The number of benzene rings is 1. The zero-order valence-corrected chi connectivity index (χ0v) is 8.34. The first-order valence-corrected chi connectivity index (χ1v) is 4.81. The minimum atomic E-state index is -0.880. The molecule has 2 atom stereocenters. The molecule has 4 heteroatoms. The number of rotatable bonds is 2. The molecular weight excluding hydrogens is 196 g/mol. The van der Waals surface area contributed by atoms with Crippen LogP contribution < -0.4 is 9.47 Å². The monoisotopic (exact) mass is 208 g/mol. The summed E-state index contributed by atoms with van der Waals surface area (Å²) in [5.74, 6) is 0.406. The van der Waals surface area contributed by atoms with E-state index in [-0.39, 0.29) is 12.5 Å². The number of hydrogen-bond acceptors (Lipinski definition) is 3. The fourth-order valence-corrected chi connectivity index (χ4v) is 1.56. The van der Waals surface area contributed by atoms with Crippen molar-refractivity contribution in [2.75, 3.05) is 0 Å². The van der Waals surface area contributed by atoms with Crippen molar-refractivity contribution in [2.45, 2.75) is 25.6 Å². The second-order valence-electron chi connectivity index (χ2n) is 3.52. The van der Waals surface area contributed by atoms with Crippen LogP contribution in [-0.4, -0.2) is 23.3 Å². The number of fused-ring (bicyclic) bond motifs is 1. The van der Waals surface area contributed by atoms with Crippen molar-refractivity contribution in [3.63, 3.8) is 0 Å². The van der Waals surface area contributed by atoms with Crippen molar-refractivity contribution in [1.29, 1.82) is 0 Å². The molecule has 1 heterocycles. The third-order valence-electron chi connectivity index (χ3n) is 2.34.